The molecule has 1 N–H and O–H groups in total. The highest BCUT2D eigenvalue weighted by molar-refractivity contribution is 7.85. The molecule has 0 rings (SSSR count). The Morgan fingerprint density at radius 1 is 1.27 bits per heavy atom. The summed E-state index contributed by atoms with van der Waals surface area (Å²) in [5.74, 6) is -0.243. The summed E-state index contributed by atoms with van der Waals surface area (Å²) in [4.78, 5) is 0. The van der Waals surface area contributed by atoms with Gasteiger partial charge >= 0.3 is 0 Å². The van der Waals surface area contributed by atoms with Crippen LogP contribution < -0.4 is 0 Å². The van der Waals surface area contributed by atoms with Gasteiger partial charge in [0.1, 0.15) is 5.75 Å². The summed E-state index contributed by atoms with van der Waals surface area (Å²) in [6, 6.07) is 0. The summed E-state index contributed by atoms with van der Waals surface area (Å²) in [5.41, 5.74) is -0.242. The van der Waals surface area contributed by atoms with Gasteiger partial charge in [-0.2, -0.15) is 8.42 Å². The van der Waals surface area contributed by atoms with E-state index in [1.807, 2.05) is 34.9 Å². The Morgan fingerprint density at radius 3 is 2.07 bits per heavy atom. The molecule has 5 nitrogen and oxygen atoms in total. The lowest BCUT2D eigenvalue weighted by Crippen LogP contribution is -2.46. The number of quaternary nitrogens is 1. The lowest BCUT2D eigenvalue weighted by Gasteiger charge is -2.32. The van der Waals surface area contributed by atoms with E-state index < -0.39 is 10.1 Å². The van der Waals surface area contributed by atoms with Crippen LogP contribution in [-0.2, 0) is 14.9 Å². The first-order valence-corrected chi connectivity index (χ1v) is 6.43. The summed E-state index contributed by atoms with van der Waals surface area (Å²) >= 11 is 0. The predicted octanol–water partition coefficient (Wildman–Crippen LogP) is 0.723. The molecule has 6 heteroatoms. The molecule has 0 spiro atoms. The Balaban J connectivity index is 4.09. The van der Waals surface area contributed by atoms with Gasteiger partial charge in [0.2, 0.25) is 0 Å². The van der Waals surface area contributed by atoms with E-state index in [0.717, 1.165) is 0 Å². The van der Waals surface area contributed by atoms with Crippen molar-refractivity contribution < 1.29 is 22.2 Å². The van der Waals surface area contributed by atoms with Gasteiger partial charge < -0.3 is 9.22 Å². The van der Waals surface area contributed by atoms with Crippen molar-refractivity contribution in [1.82, 2.24) is 0 Å². The largest absolute Gasteiger partial charge is 0.326 e. The van der Waals surface area contributed by atoms with Crippen LogP contribution in [0.1, 0.15) is 20.8 Å². The number of hydrogen-bond acceptors (Lipinski definition) is 3. The summed E-state index contributed by atoms with van der Waals surface area (Å²) < 4.78 is 35.8. The molecular weight excluding hydrogens is 218 g/mol. The average Bonchev–Trinajstić information content (AvgIpc) is 1.96. The number of ether oxygens (including phenoxy) is 1. The van der Waals surface area contributed by atoms with Gasteiger partial charge in [-0.1, -0.05) is 0 Å². The standard InChI is InChI=1S/C9H21NO4S/c1-9(2,3)14-8-10(4,5)6-7-15(11,12)13/h6-8H2,1-5H3/p+1. The Labute approximate surface area is 92.4 Å². The first-order valence-electron chi connectivity index (χ1n) is 4.82. The van der Waals surface area contributed by atoms with Crippen molar-refractivity contribution >= 4 is 10.1 Å². The van der Waals surface area contributed by atoms with Crippen molar-refractivity contribution in [3.63, 3.8) is 0 Å². The second-order valence-electron chi connectivity index (χ2n) is 5.33. The Kier molecular flexibility index (Phi) is 4.72. The van der Waals surface area contributed by atoms with E-state index in [9.17, 15) is 8.42 Å². The lowest BCUT2D eigenvalue weighted by atomic mass is 10.2. The highest BCUT2D eigenvalue weighted by Gasteiger charge is 2.22. The molecule has 0 aliphatic heterocycles. The van der Waals surface area contributed by atoms with E-state index in [1.165, 1.54) is 0 Å². The summed E-state index contributed by atoms with van der Waals surface area (Å²) in [6.07, 6.45) is 0. The molecule has 0 aromatic carbocycles. The molecule has 0 unspecified atom stereocenters. The van der Waals surface area contributed by atoms with E-state index in [0.29, 0.717) is 17.8 Å². The number of hydrogen-bond donors (Lipinski definition) is 1. The minimum absolute atomic E-state index is 0.242. The predicted molar refractivity (Wildman–Crippen MR) is 59.1 cm³/mol. The first-order chi connectivity index (χ1) is 6.41. The van der Waals surface area contributed by atoms with Gasteiger partial charge in [-0.3, -0.25) is 4.55 Å². The first kappa shape index (κ1) is 14.8. The van der Waals surface area contributed by atoms with Crippen molar-refractivity contribution in [3.8, 4) is 0 Å². The topological polar surface area (TPSA) is 63.6 Å². The SMILES string of the molecule is CC(C)(C)OC[N+](C)(C)CCS(=O)(=O)O. The fourth-order valence-electron chi connectivity index (χ4n) is 0.795. The molecule has 0 aliphatic rings. The minimum Gasteiger partial charge on any atom is -0.326 e. The van der Waals surface area contributed by atoms with Crippen LogP contribution in [0.15, 0.2) is 0 Å². The molecule has 0 aliphatic carbocycles. The Bertz CT molecular complexity index is 290. The van der Waals surface area contributed by atoms with E-state index in [-0.39, 0.29) is 11.4 Å². The number of nitrogens with zero attached hydrogens (tertiary/aromatic N) is 1. The molecule has 0 heterocycles. The molecule has 0 saturated heterocycles. The molecule has 0 atom stereocenters. The van der Waals surface area contributed by atoms with E-state index in [2.05, 4.69) is 0 Å². The Hall–Kier alpha value is -0.170. The summed E-state index contributed by atoms with van der Waals surface area (Å²) in [6.45, 7) is 6.56. The maximum Gasteiger partial charge on any atom is 0.270 e. The smallest absolute Gasteiger partial charge is 0.270 e. The molecule has 0 amide bonds. The van der Waals surface area contributed by atoms with Crippen LogP contribution in [0.25, 0.3) is 0 Å². The second kappa shape index (κ2) is 4.78. The van der Waals surface area contributed by atoms with Crippen LogP contribution in [0.5, 0.6) is 0 Å². The monoisotopic (exact) mass is 240 g/mol. The van der Waals surface area contributed by atoms with Crippen LogP contribution in [-0.4, -0.2) is 56.2 Å². The second-order valence-corrected chi connectivity index (χ2v) is 6.90. The molecule has 15 heavy (non-hydrogen) atoms. The van der Waals surface area contributed by atoms with Crippen molar-refractivity contribution in [3.05, 3.63) is 0 Å². The van der Waals surface area contributed by atoms with Crippen LogP contribution in [0, 0.1) is 0 Å². The zero-order valence-corrected chi connectivity index (χ0v) is 11.0. The third-order valence-electron chi connectivity index (χ3n) is 1.80. The van der Waals surface area contributed by atoms with Crippen LogP contribution in [0.4, 0.5) is 0 Å². The lowest BCUT2D eigenvalue weighted by molar-refractivity contribution is -0.909. The van der Waals surface area contributed by atoms with Crippen molar-refractivity contribution in [2.75, 3.05) is 33.1 Å². The van der Waals surface area contributed by atoms with Gasteiger partial charge in [0.05, 0.1) is 26.2 Å². The van der Waals surface area contributed by atoms with Crippen LogP contribution in [0.3, 0.4) is 0 Å². The third-order valence-corrected chi connectivity index (χ3v) is 2.50. The maximum absolute atomic E-state index is 10.6. The van der Waals surface area contributed by atoms with Crippen LogP contribution in [0.2, 0.25) is 0 Å². The van der Waals surface area contributed by atoms with E-state index in [4.69, 9.17) is 9.29 Å². The van der Waals surface area contributed by atoms with Gasteiger partial charge in [0.25, 0.3) is 10.1 Å². The summed E-state index contributed by atoms with van der Waals surface area (Å²) in [5, 5.41) is 0. The molecule has 0 fully saturated rings. The normalized spacial score (nSPS) is 14.3. The number of rotatable bonds is 5. The highest BCUT2D eigenvalue weighted by atomic mass is 32.2. The zero-order chi connectivity index (χ0) is 12.3. The molecule has 92 valence electrons. The minimum atomic E-state index is -3.88. The van der Waals surface area contributed by atoms with Gasteiger partial charge in [-0.15, -0.1) is 0 Å². The van der Waals surface area contributed by atoms with Gasteiger partial charge in [0.15, 0.2) is 6.73 Å². The zero-order valence-electron chi connectivity index (χ0n) is 10.1. The fourth-order valence-corrected chi connectivity index (χ4v) is 1.52. The van der Waals surface area contributed by atoms with Crippen LogP contribution >= 0.6 is 0 Å². The summed E-state index contributed by atoms with van der Waals surface area (Å²) in [7, 11) is -0.166. The molecular formula is C9H22NO4S+. The fraction of sp³-hybridized carbons (Fsp3) is 1.00. The van der Waals surface area contributed by atoms with Gasteiger partial charge in [0, 0.05) is 0 Å². The average molecular weight is 240 g/mol. The van der Waals surface area contributed by atoms with Crippen molar-refractivity contribution in [2.45, 2.75) is 26.4 Å². The van der Waals surface area contributed by atoms with Crippen molar-refractivity contribution in [1.29, 1.82) is 0 Å². The third kappa shape index (κ3) is 10.1. The van der Waals surface area contributed by atoms with Gasteiger partial charge in [-0.25, -0.2) is 0 Å². The Morgan fingerprint density at radius 2 is 1.73 bits per heavy atom. The maximum atomic E-state index is 10.6. The molecule has 0 bridgehead atoms. The molecule has 0 saturated carbocycles. The molecule has 0 aromatic rings. The highest BCUT2D eigenvalue weighted by Crippen LogP contribution is 2.09. The van der Waals surface area contributed by atoms with Crippen molar-refractivity contribution in [2.24, 2.45) is 0 Å². The quantitative estimate of drug-likeness (QED) is 0.437. The van der Waals surface area contributed by atoms with E-state index >= 15 is 0 Å². The molecule has 0 aromatic heterocycles. The van der Waals surface area contributed by atoms with Gasteiger partial charge in [-0.05, 0) is 20.8 Å². The molecule has 0 radical (unpaired) electrons. The van der Waals surface area contributed by atoms with E-state index in [1.54, 1.807) is 0 Å².